The van der Waals surface area contributed by atoms with Crippen molar-refractivity contribution in [2.75, 3.05) is 13.1 Å². The molecule has 2 aromatic carbocycles. The zero-order chi connectivity index (χ0) is 31.8. The molecule has 2 amide bonds. The first-order chi connectivity index (χ1) is 20.1. The van der Waals surface area contributed by atoms with Crippen LogP contribution >= 0.6 is 0 Å². The minimum absolute atomic E-state index is 0.00368. The lowest BCUT2D eigenvalue weighted by atomic mass is 9.76. The fourth-order valence-electron chi connectivity index (χ4n) is 5.51. The molecule has 238 valence electrons. The molecule has 1 aliphatic rings. The monoisotopic (exact) mass is 599 g/mol. The summed E-state index contributed by atoms with van der Waals surface area (Å²) in [5.74, 6) is -0.730. The topological polar surface area (TPSA) is 160 Å². The number of alkyl carbamates (subject to hydrolysis) is 1. The highest BCUT2D eigenvalue weighted by Gasteiger charge is 2.59. The molecule has 0 saturated heterocycles. The molecule has 0 aliphatic heterocycles. The van der Waals surface area contributed by atoms with Gasteiger partial charge in [0.05, 0.1) is 30.4 Å². The molecule has 3 unspecified atom stereocenters. The van der Waals surface area contributed by atoms with E-state index < -0.39 is 59.0 Å². The number of aliphatic hydroxyl groups excluding tert-OH is 3. The van der Waals surface area contributed by atoms with Crippen molar-refractivity contribution in [3.63, 3.8) is 0 Å². The lowest BCUT2D eigenvalue weighted by molar-refractivity contribution is -0.165. The van der Waals surface area contributed by atoms with Crippen LogP contribution in [0.15, 0.2) is 60.7 Å². The molecule has 0 spiro atoms. The van der Waals surface area contributed by atoms with Crippen molar-refractivity contribution in [3.8, 4) is 0 Å². The molecule has 0 bridgehead atoms. The Balaban J connectivity index is 1.68. The van der Waals surface area contributed by atoms with Crippen molar-refractivity contribution < 1.29 is 34.8 Å². The van der Waals surface area contributed by atoms with E-state index in [0.717, 1.165) is 11.1 Å². The SMILES string of the molecule is CC(C)(C)OC(=O)N[C@@H](Cc1ccccc1)[C@@H](O)CNCC(O)[C@@H](Cc1ccccc1)NC(=O)C1(O)C(O)CCC1(C)C. The van der Waals surface area contributed by atoms with Crippen LogP contribution < -0.4 is 16.0 Å². The van der Waals surface area contributed by atoms with E-state index in [4.69, 9.17) is 4.74 Å². The van der Waals surface area contributed by atoms with E-state index in [1.54, 1.807) is 34.6 Å². The number of hydrogen-bond acceptors (Lipinski definition) is 8. The highest BCUT2D eigenvalue weighted by molar-refractivity contribution is 5.87. The second kappa shape index (κ2) is 14.6. The summed E-state index contributed by atoms with van der Waals surface area (Å²) in [6, 6.07) is 17.3. The van der Waals surface area contributed by atoms with Crippen LogP contribution in [0, 0.1) is 5.41 Å². The van der Waals surface area contributed by atoms with Crippen LogP contribution in [-0.4, -0.2) is 87.1 Å². The summed E-state index contributed by atoms with van der Waals surface area (Å²) in [7, 11) is 0. The van der Waals surface area contributed by atoms with Crippen LogP contribution in [0.2, 0.25) is 0 Å². The summed E-state index contributed by atoms with van der Waals surface area (Å²) in [5, 5.41) is 52.7. The van der Waals surface area contributed by atoms with Gasteiger partial charge in [-0.15, -0.1) is 0 Å². The molecular weight excluding hydrogens is 550 g/mol. The first kappa shape index (κ1) is 34.5. The fraction of sp³-hybridized carbons (Fsp3) is 0.576. The predicted molar refractivity (Wildman–Crippen MR) is 164 cm³/mol. The summed E-state index contributed by atoms with van der Waals surface area (Å²) >= 11 is 0. The van der Waals surface area contributed by atoms with Gasteiger partial charge in [-0.2, -0.15) is 0 Å². The van der Waals surface area contributed by atoms with Gasteiger partial charge in [0, 0.05) is 18.5 Å². The first-order valence-electron chi connectivity index (χ1n) is 15.0. The highest BCUT2D eigenvalue weighted by Crippen LogP contribution is 2.46. The molecule has 0 heterocycles. The molecule has 7 N–H and O–H groups in total. The molecule has 1 saturated carbocycles. The number of nitrogens with one attached hydrogen (secondary N) is 3. The predicted octanol–water partition coefficient (Wildman–Crippen LogP) is 2.07. The minimum Gasteiger partial charge on any atom is -0.444 e. The second-order valence-electron chi connectivity index (χ2n) is 13.2. The Morgan fingerprint density at radius 3 is 1.77 bits per heavy atom. The number of amides is 2. The van der Waals surface area contributed by atoms with Gasteiger partial charge in [0.1, 0.15) is 5.60 Å². The Bertz CT molecular complexity index is 1170. The Labute approximate surface area is 254 Å². The minimum atomic E-state index is -2.00. The molecule has 3 rings (SSSR count). The van der Waals surface area contributed by atoms with Crippen LogP contribution in [0.5, 0.6) is 0 Å². The van der Waals surface area contributed by atoms with E-state index in [1.165, 1.54) is 0 Å². The van der Waals surface area contributed by atoms with Crippen molar-refractivity contribution in [1.29, 1.82) is 0 Å². The maximum absolute atomic E-state index is 13.4. The average molecular weight is 600 g/mol. The van der Waals surface area contributed by atoms with E-state index in [1.807, 2.05) is 60.7 Å². The number of aliphatic hydroxyl groups is 4. The molecule has 1 aliphatic carbocycles. The fourth-order valence-corrected chi connectivity index (χ4v) is 5.51. The number of carbonyl (C=O) groups excluding carboxylic acids is 2. The third-order valence-electron chi connectivity index (χ3n) is 8.15. The number of ether oxygens (including phenoxy) is 1. The zero-order valence-corrected chi connectivity index (χ0v) is 25.9. The van der Waals surface area contributed by atoms with Gasteiger partial charge in [-0.1, -0.05) is 74.5 Å². The van der Waals surface area contributed by atoms with Gasteiger partial charge in [-0.25, -0.2) is 4.79 Å². The van der Waals surface area contributed by atoms with Gasteiger partial charge in [-0.05, 0) is 57.6 Å². The van der Waals surface area contributed by atoms with Crippen LogP contribution in [0.1, 0.15) is 58.6 Å². The summed E-state index contributed by atoms with van der Waals surface area (Å²) < 4.78 is 5.40. The van der Waals surface area contributed by atoms with Crippen LogP contribution in [0.3, 0.4) is 0 Å². The van der Waals surface area contributed by atoms with Gasteiger partial charge >= 0.3 is 6.09 Å². The number of benzene rings is 2. The van der Waals surface area contributed by atoms with Gasteiger partial charge in [-0.3, -0.25) is 4.79 Å². The number of rotatable bonds is 13. The molecular formula is C33H49N3O7. The Kier molecular flexibility index (Phi) is 11.7. The molecule has 2 aromatic rings. The highest BCUT2D eigenvalue weighted by atomic mass is 16.6. The van der Waals surface area contributed by atoms with Crippen LogP contribution in [0.25, 0.3) is 0 Å². The van der Waals surface area contributed by atoms with Gasteiger partial charge in [0.25, 0.3) is 5.91 Å². The van der Waals surface area contributed by atoms with E-state index in [9.17, 15) is 30.0 Å². The maximum Gasteiger partial charge on any atom is 0.407 e. The van der Waals surface area contributed by atoms with E-state index in [2.05, 4.69) is 16.0 Å². The van der Waals surface area contributed by atoms with E-state index in [0.29, 0.717) is 19.3 Å². The third-order valence-corrected chi connectivity index (χ3v) is 8.15. The van der Waals surface area contributed by atoms with Gasteiger partial charge in [0.2, 0.25) is 0 Å². The molecule has 0 aromatic heterocycles. The standard InChI is InChI=1S/C33H49N3O7/c1-31(2,3)43-30(41)36-25(19-23-14-10-7-11-15-23)27(38)21-34-20-26(37)24(18-22-12-8-6-9-13-22)35-29(40)33(42)28(39)16-17-32(33,4)5/h6-15,24-28,34,37-39,42H,16-21H2,1-5H3,(H,35,40)(H,36,41)/t24-,25+,26?,27+,28?,33?/m1/s1. The van der Waals surface area contributed by atoms with Crippen LogP contribution in [-0.2, 0) is 22.4 Å². The average Bonchev–Trinajstić information content (AvgIpc) is 3.15. The molecule has 1 fully saturated rings. The van der Waals surface area contributed by atoms with E-state index >= 15 is 0 Å². The maximum atomic E-state index is 13.4. The third kappa shape index (κ3) is 9.48. The Morgan fingerprint density at radius 2 is 1.35 bits per heavy atom. The van der Waals surface area contributed by atoms with Crippen molar-refractivity contribution in [2.24, 2.45) is 5.41 Å². The molecule has 6 atom stereocenters. The zero-order valence-electron chi connectivity index (χ0n) is 25.9. The normalized spacial score (nSPS) is 22.7. The Hall–Kier alpha value is -3.02. The molecule has 0 radical (unpaired) electrons. The van der Waals surface area contributed by atoms with Crippen molar-refractivity contribution in [2.45, 2.75) is 102 Å². The second-order valence-corrected chi connectivity index (χ2v) is 13.2. The summed E-state index contributed by atoms with van der Waals surface area (Å²) in [6.07, 6.45) is -2.59. The smallest absolute Gasteiger partial charge is 0.407 e. The molecule has 10 heteroatoms. The summed E-state index contributed by atoms with van der Waals surface area (Å²) in [5.41, 5.74) is -1.76. The quantitative estimate of drug-likeness (QED) is 0.184. The van der Waals surface area contributed by atoms with Gasteiger partial charge < -0.3 is 41.1 Å². The lowest BCUT2D eigenvalue weighted by Gasteiger charge is -2.39. The summed E-state index contributed by atoms with van der Waals surface area (Å²) in [6.45, 7) is 8.80. The Morgan fingerprint density at radius 1 is 0.884 bits per heavy atom. The largest absolute Gasteiger partial charge is 0.444 e. The molecule has 43 heavy (non-hydrogen) atoms. The van der Waals surface area contributed by atoms with Gasteiger partial charge in [0.15, 0.2) is 5.60 Å². The first-order valence-corrected chi connectivity index (χ1v) is 15.0. The van der Waals surface area contributed by atoms with E-state index in [-0.39, 0.29) is 19.5 Å². The summed E-state index contributed by atoms with van der Waals surface area (Å²) in [4.78, 5) is 25.9. The van der Waals surface area contributed by atoms with Crippen molar-refractivity contribution in [1.82, 2.24) is 16.0 Å². The number of carbonyl (C=O) groups is 2. The van der Waals surface area contributed by atoms with Crippen molar-refractivity contribution in [3.05, 3.63) is 71.8 Å². The van der Waals surface area contributed by atoms with Crippen molar-refractivity contribution >= 4 is 12.0 Å². The molecule has 10 nitrogen and oxygen atoms in total. The van der Waals surface area contributed by atoms with Crippen LogP contribution in [0.4, 0.5) is 4.79 Å². The number of hydrogen-bond donors (Lipinski definition) is 7. The lowest BCUT2D eigenvalue weighted by Crippen LogP contribution is -2.63.